The number of hydrogen-bond donors (Lipinski definition) is 1. The third-order valence-electron chi connectivity index (χ3n) is 0.855. The van der Waals surface area contributed by atoms with E-state index in [0.717, 1.165) is 5.06 Å². The molecule has 7 heteroatoms. The van der Waals surface area contributed by atoms with Crippen molar-refractivity contribution < 1.29 is 17.3 Å². The third kappa shape index (κ3) is 3.12. The Labute approximate surface area is 63.7 Å². The molecular weight excluding hydrogens is 172 g/mol. The van der Waals surface area contributed by atoms with Crippen LogP contribution < -0.4 is 0 Å². The maximum atomic E-state index is 10.1. The lowest BCUT2D eigenvalue weighted by atomic mass is 10.6. The van der Waals surface area contributed by atoms with Gasteiger partial charge in [-0.05, 0) is 6.08 Å². The van der Waals surface area contributed by atoms with Gasteiger partial charge in [0.15, 0.2) is 0 Å². The maximum Gasteiger partial charge on any atom is 0.418 e. The lowest BCUT2D eigenvalue weighted by molar-refractivity contribution is -0.00936. The van der Waals surface area contributed by atoms with Crippen LogP contribution in [-0.4, -0.2) is 30.9 Å². The zero-order chi connectivity index (χ0) is 8.32. The molecule has 0 amide bonds. The van der Waals surface area contributed by atoms with E-state index >= 15 is 0 Å². The van der Waals surface area contributed by atoms with E-state index in [0.29, 0.717) is 0 Å². The zero-order valence-electron chi connectivity index (χ0n) is 5.41. The van der Waals surface area contributed by atoms with Crippen LogP contribution in [-0.2, 0) is 14.7 Å². The fourth-order valence-corrected chi connectivity index (χ4v) is 0.878. The molecule has 0 aromatic rings. The average Bonchev–Trinajstić information content (AvgIpc) is 1.85. The van der Waals surface area contributed by atoms with Gasteiger partial charge in [-0.1, -0.05) is 0 Å². The zero-order valence-corrected chi connectivity index (χ0v) is 6.23. The summed E-state index contributed by atoms with van der Waals surface area (Å²) < 4.78 is 32.4. The Kier molecular flexibility index (Phi) is 2.22. The van der Waals surface area contributed by atoms with Gasteiger partial charge in [-0.15, -0.1) is 4.28 Å². The van der Waals surface area contributed by atoms with E-state index in [-0.39, 0.29) is 6.67 Å². The SMILES string of the molecule is O=S(=O)(O)ON1C=CC=NC1. The molecule has 1 N–H and O–H groups in total. The van der Waals surface area contributed by atoms with Gasteiger partial charge in [0.1, 0.15) is 6.67 Å². The summed E-state index contributed by atoms with van der Waals surface area (Å²) in [6.45, 7) is 0.0519. The highest BCUT2D eigenvalue weighted by atomic mass is 32.3. The van der Waals surface area contributed by atoms with Crippen molar-refractivity contribution in [3.05, 3.63) is 12.3 Å². The van der Waals surface area contributed by atoms with Gasteiger partial charge in [-0.3, -0.25) is 9.55 Å². The van der Waals surface area contributed by atoms with E-state index in [9.17, 15) is 8.42 Å². The van der Waals surface area contributed by atoms with Crippen LogP contribution in [0.15, 0.2) is 17.3 Å². The molecule has 0 radical (unpaired) electrons. The van der Waals surface area contributed by atoms with E-state index < -0.39 is 10.4 Å². The smallest absolute Gasteiger partial charge is 0.269 e. The highest BCUT2D eigenvalue weighted by Crippen LogP contribution is 1.99. The predicted molar refractivity (Wildman–Crippen MR) is 37.0 cm³/mol. The van der Waals surface area contributed by atoms with Crippen LogP contribution in [0, 0.1) is 0 Å². The summed E-state index contributed by atoms with van der Waals surface area (Å²) in [5, 5.41) is 0.884. The Morgan fingerprint density at radius 2 is 2.36 bits per heavy atom. The van der Waals surface area contributed by atoms with Crippen LogP contribution in [0.1, 0.15) is 0 Å². The summed E-state index contributed by atoms with van der Waals surface area (Å²) in [4.78, 5) is 3.66. The molecule has 0 aromatic carbocycles. The molecule has 0 unspecified atom stereocenters. The molecule has 11 heavy (non-hydrogen) atoms. The quantitative estimate of drug-likeness (QED) is 0.581. The minimum atomic E-state index is -4.42. The van der Waals surface area contributed by atoms with Gasteiger partial charge >= 0.3 is 10.4 Å². The van der Waals surface area contributed by atoms with Gasteiger partial charge in [0.05, 0.1) is 0 Å². The van der Waals surface area contributed by atoms with Crippen molar-refractivity contribution in [1.82, 2.24) is 5.06 Å². The number of hydroxylamine groups is 2. The molecule has 0 aliphatic carbocycles. The summed E-state index contributed by atoms with van der Waals surface area (Å²) in [6.07, 6.45) is 4.30. The van der Waals surface area contributed by atoms with Gasteiger partial charge in [-0.2, -0.15) is 8.42 Å². The first-order valence-electron chi connectivity index (χ1n) is 2.68. The Morgan fingerprint density at radius 1 is 1.64 bits per heavy atom. The van der Waals surface area contributed by atoms with Crippen LogP contribution in [0.3, 0.4) is 0 Å². The van der Waals surface area contributed by atoms with E-state index in [1.165, 1.54) is 18.5 Å². The summed E-state index contributed by atoms with van der Waals surface area (Å²) in [7, 11) is -4.42. The van der Waals surface area contributed by atoms with Gasteiger partial charge in [0.2, 0.25) is 0 Å². The minimum absolute atomic E-state index is 0.0519. The summed E-state index contributed by atoms with van der Waals surface area (Å²) >= 11 is 0. The van der Waals surface area contributed by atoms with Gasteiger partial charge in [-0.25, -0.2) is 5.06 Å². The van der Waals surface area contributed by atoms with Crippen molar-refractivity contribution in [1.29, 1.82) is 0 Å². The Bertz CT molecular complexity index is 280. The van der Waals surface area contributed by atoms with Crippen molar-refractivity contribution >= 4 is 16.6 Å². The lowest BCUT2D eigenvalue weighted by Crippen LogP contribution is -2.23. The second-order valence-electron chi connectivity index (χ2n) is 1.73. The molecule has 1 aliphatic heterocycles. The first-order valence-corrected chi connectivity index (χ1v) is 4.05. The van der Waals surface area contributed by atoms with Crippen molar-refractivity contribution in [2.24, 2.45) is 4.99 Å². The van der Waals surface area contributed by atoms with Crippen LogP contribution >= 0.6 is 0 Å². The first-order chi connectivity index (χ1) is 5.08. The fraction of sp³-hybridized carbons (Fsp3) is 0.250. The topological polar surface area (TPSA) is 79.2 Å². The first kappa shape index (κ1) is 8.18. The summed E-state index contributed by atoms with van der Waals surface area (Å²) in [5.74, 6) is 0. The largest absolute Gasteiger partial charge is 0.418 e. The Hall–Kier alpha value is -0.920. The highest BCUT2D eigenvalue weighted by molar-refractivity contribution is 7.80. The summed E-state index contributed by atoms with van der Waals surface area (Å²) in [5.41, 5.74) is 0. The number of allylic oxidation sites excluding steroid dienone is 1. The van der Waals surface area contributed by atoms with Crippen molar-refractivity contribution in [3.63, 3.8) is 0 Å². The van der Waals surface area contributed by atoms with Gasteiger partial charge in [0.25, 0.3) is 0 Å². The molecule has 6 nitrogen and oxygen atoms in total. The van der Waals surface area contributed by atoms with E-state index in [1.807, 2.05) is 0 Å². The Balaban J connectivity index is 2.52. The molecule has 0 atom stereocenters. The third-order valence-corrected chi connectivity index (χ3v) is 1.23. The lowest BCUT2D eigenvalue weighted by Gasteiger charge is -2.15. The second-order valence-corrected chi connectivity index (χ2v) is 2.74. The van der Waals surface area contributed by atoms with Crippen molar-refractivity contribution in [2.75, 3.05) is 6.67 Å². The molecule has 62 valence electrons. The molecule has 0 aromatic heterocycles. The monoisotopic (exact) mass is 178 g/mol. The molecule has 0 saturated heterocycles. The van der Waals surface area contributed by atoms with E-state index in [1.54, 1.807) is 0 Å². The highest BCUT2D eigenvalue weighted by Gasteiger charge is 2.10. The minimum Gasteiger partial charge on any atom is -0.269 e. The van der Waals surface area contributed by atoms with Crippen LogP contribution in [0.25, 0.3) is 0 Å². The molecule has 0 spiro atoms. The number of rotatable bonds is 2. The Morgan fingerprint density at radius 3 is 2.82 bits per heavy atom. The normalized spacial score (nSPS) is 17.4. The summed E-state index contributed by atoms with van der Waals surface area (Å²) in [6, 6.07) is 0. The van der Waals surface area contributed by atoms with Crippen LogP contribution in [0.5, 0.6) is 0 Å². The molecule has 1 heterocycles. The average molecular weight is 178 g/mol. The van der Waals surface area contributed by atoms with Crippen LogP contribution in [0.4, 0.5) is 0 Å². The molecule has 0 bridgehead atoms. The van der Waals surface area contributed by atoms with Gasteiger partial charge < -0.3 is 0 Å². The fourth-order valence-electron chi connectivity index (χ4n) is 0.539. The molecule has 1 aliphatic rings. The van der Waals surface area contributed by atoms with Crippen molar-refractivity contribution in [3.8, 4) is 0 Å². The molecule has 0 fully saturated rings. The second kappa shape index (κ2) is 2.99. The number of hydrogen-bond acceptors (Lipinski definition) is 5. The van der Waals surface area contributed by atoms with Gasteiger partial charge in [0, 0.05) is 12.4 Å². The van der Waals surface area contributed by atoms with Crippen LogP contribution in [0.2, 0.25) is 0 Å². The maximum absolute atomic E-state index is 10.1. The van der Waals surface area contributed by atoms with Crippen molar-refractivity contribution in [2.45, 2.75) is 0 Å². The standard InChI is InChI=1S/C4H6N2O4S/c7-11(8,9)10-6-3-1-2-5-4-6/h1-3H,4H2,(H,7,8,9). The predicted octanol–water partition coefficient (Wildman–Crippen LogP) is -0.422. The molecule has 1 rings (SSSR count). The number of nitrogens with zero attached hydrogens (tertiary/aromatic N) is 2. The van der Waals surface area contributed by atoms with E-state index in [2.05, 4.69) is 9.28 Å². The molecule has 0 saturated carbocycles. The molecular formula is C4H6N2O4S. The van der Waals surface area contributed by atoms with E-state index in [4.69, 9.17) is 4.55 Å². The number of aliphatic imine (C=N–C) groups is 1.